The molecule has 1 aromatic carbocycles. The maximum Gasteiger partial charge on any atom is 0.0377 e. The number of hydrogen-bond acceptors (Lipinski definition) is 1. The largest absolute Gasteiger partial charge is 0.380 e. The molecule has 0 saturated carbocycles. The highest BCUT2D eigenvalue weighted by Crippen LogP contribution is 2.33. The summed E-state index contributed by atoms with van der Waals surface area (Å²) in [5, 5.41) is 3.74. The summed E-state index contributed by atoms with van der Waals surface area (Å²) in [6.45, 7) is 6.70. The number of benzene rings is 1. The van der Waals surface area contributed by atoms with E-state index in [0.717, 1.165) is 6.42 Å². The summed E-state index contributed by atoms with van der Waals surface area (Å²) in [6.07, 6.45) is 10.4. The molecule has 1 aliphatic heterocycles. The van der Waals surface area contributed by atoms with Gasteiger partial charge in [0.2, 0.25) is 0 Å². The highest BCUT2D eigenvalue weighted by atomic mass is 15.0. The van der Waals surface area contributed by atoms with Crippen molar-refractivity contribution in [2.75, 3.05) is 5.32 Å². The Morgan fingerprint density at radius 2 is 2.22 bits per heavy atom. The topological polar surface area (TPSA) is 12.0 Å². The lowest BCUT2D eigenvalue weighted by molar-refractivity contribution is 0.421. The molecule has 0 amide bonds. The van der Waals surface area contributed by atoms with Crippen LogP contribution in [-0.2, 0) is 12.8 Å². The lowest BCUT2D eigenvalue weighted by Crippen LogP contribution is -2.38. The van der Waals surface area contributed by atoms with Gasteiger partial charge in [0.25, 0.3) is 0 Å². The van der Waals surface area contributed by atoms with Gasteiger partial charge in [-0.05, 0) is 56.7 Å². The Labute approximate surface area is 111 Å². The number of allylic oxidation sites excluding steroid dienone is 2. The van der Waals surface area contributed by atoms with Crippen LogP contribution < -0.4 is 5.32 Å². The summed E-state index contributed by atoms with van der Waals surface area (Å²) < 4.78 is 0. The van der Waals surface area contributed by atoms with Crippen LogP contribution in [0, 0.1) is 0 Å². The first-order valence-corrected chi connectivity index (χ1v) is 7.18. The molecule has 0 radical (unpaired) electrons. The van der Waals surface area contributed by atoms with Gasteiger partial charge in [0.1, 0.15) is 0 Å². The van der Waals surface area contributed by atoms with Crippen LogP contribution in [0.5, 0.6) is 0 Å². The van der Waals surface area contributed by atoms with Gasteiger partial charge in [-0.15, -0.1) is 0 Å². The molecule has 1 heteroatoms. The Morgan fingerprint density at radius 3 is 2.94 bits per heavy atom. The van der Waals surface area contributed by atoms with E-state index in [2.05, 4.69) is 56.4 Å². The number of nitrogens with one attached hydrogen (secondary N) is 1. The highest BCUT2D eigenvalue weighted by molar-refractivity contribution is 5.56. The third-order valence-corrected chi connectivity index (χ3v) is 3.94. The molecule has 2 rings (SSSR count). The first-order valence-electron chi connectivity index (χ1n) is 7.18. The van der Waals surface area contributed by atoms with Crippen molar-refractivity contribution < 1.29 is 0 Å². The molecule has 1 aromatic rings. The van der Waals surface area contributed by atoms with Gasteiger partial charge in [-0.2, -0.15) is 0 Å². The van der Waals surface area contributed by atoms with E-state index >= 15 is 0 Å². The zero-order chi connectivity index (χ0) is 13.0. The molecule has 0 bridgehead atoms. The molecular weight excluding hydrogens is 218 g/mol. The second-order valence-corrected chi connectivity index (χ2v) is 5.70. The lowest BCUT2D eigenvalue weighted by atomic mass is 9.84. The monoisotopic (exact) mass is 243 g/mol. The summed E-state index contributed by atoms with van der Waals surface area (Å²) in [6, 6.07) is 6.89. The van der Waals surface area contributed by atoms with Crippen LogP contribution in [0.3, 0.4) is 0 Å². The smallest absolute Gasteiger partial charge is 0.0377 e. The van der Waals surface area contributed by atoms with Crippen molar-refractivity contribution >= 4 is 5.69 Å². The molecule has 0 aliphatic carbocycles. The predicted molar refractivity (Wildman–Crippen MR) is 80.2 cm³/mol. The van der Waals surface area contributed by atoms with Crippen LogP contribution in [0.1, 0.15) is 51.2 Å². The predicted octanol–water partition coefficient (Wildman–Crippen LogP) is 4.72. The minimum absolute atomic E-state index is 0.298. The van der Waals surface area contributed by atoms with Gasteiger partial charge in [0.15, 0.2) is 0 Å². The zero-order valence-corrected chi connectivity index (χ0v) is 11.9. The Bertz CT molecular complexity index is 433. The first-order chi connectivity index (χ1) is 8.67. The van der Waals surface area contributed by atoms with Gasteiger partial charge in [0, 0.05) is 11.2 Å². The quantitative estimate of drug-likeness (QED) is 0.754. The molecule has 0 aromatic heterocycles. The van der Waals surface area contributed by atoms with Gasteiger partial charge < -0.3 is 5.32 Å². The molecule has 1 nitrogen and oxygen atoms in total. The van der Waals surface area contributed by atoms with Crippen LogP contribution in [-0.4, -0.2) is 5.54 Å². The molecule has 0 saturated heterocycles. The van der Waals surface area contributed by atoms with E-state index in [1.807, 2.05) is 0 Å². The number of aryl methyl sites for hydroxylation is 1. The van der Waals surface area contributed by atoms with Crippen LogP contribution in [0.15, 0.2) is 30.4 Å². The van der Waals surface area contributed by atoms with E-state index in [1.54, 1.807) is 0 Å². The summed E-state index contributed by atoms with van der Waals surface area (Å²) >= 11 is 0. The van der Waals surface area contributed by atoms with Gasteiger partial charge in [-0.3, -0.25) is 0 Å². The van der Waals surface area contributed by atoms with Gasteiger partial charge in [-0.1, -0.05) is 37.6 Å². The lowest BCUT2D eigenvalue weighted by Gasteiger charge is -2.37. The molecule has 1 heterocycles. The van der Waals surface area contributed by atoms with Crippen LogP contribution in [0.25, 0.3) is 0 Å². The maximum absolute atomic E-state index is 3.74. The minimum Gasteiger partial charge on any atom is -0.380 e. The third-order valence-electron chi connectivity index (χ3n) is 3.94. The highest BCUT2D eigenvalue weighted by Gasteiger charge is 2.27. The molecular formula is C17H25N. The van der Waals surface area contributed by atoms with Crippen molar-refractivity contribution in [3.63, 3.8) is 0 Å². The molecule has 1 N–H and O–H groups in total. The number of hydrogen-bond donors (Lipinski definition) is 1. The normalized spacial score (nSPS) is 22.8. The first kappa shape index (κ1) is 13.2. The molecule has 1 atom stereocenters. The van der Waals surface area contributed by atoms with E-state index in [4.69, 9.17) is 0 Å². The Balaban J connectivity index is 2.15. The van der Waals surface area contributed by atoms with Crippen LogP contribution in [0.2, 0.25) is 0 Å². The average molecular weight is 243 g/mol. The third kappa shape index (κ3) is 2.95. The Kier molecular flexibility index (Phi) is 4.11. The van der Waals surface area contributed by atoms with Gasteiger partial charge in [0.05, 0.1) is 0 Å². The standard InChI is InChI=1S/C17H25N/c1-4-6-7-14-8-9-16-15(13-14)10-12-17(3,18-16)11-5-2/h4,6,8-9,13,18H,5,7,10-12H2,1-3H3. The van der Waals surface area contributed by atoms with Gasteiger partial charge >= 0.3 is 0 Å². The molecule has 18 heavy (non-hydrogen) atoms. The van der Waals surface area contributed by atoms with E-state index in [-0.39, 0.29) is 0 Å². The summed E-state index contributed by atoms with van der Waals surface area (Å²) in [5.41, 5.74) is 4.56. The van der Waals surface area contributed by atoms with Crippen molar-refractivity contribution in [3.05, 3.63) is 41.5 Å². The van der Waals surface area contributed by atoms with E-state index < -0.39 is 0 Å². The second kappa shape index (κ2) is 5.60. The Morgan fingerprint density at radius 1 is 1.39 bits per heavy atom. The minimum atomic E-state index is 0.298. The van der Waals surface area contributed by atoms with Gasteiger partial charge in [-0.25, -0.2) is 0 Å². The van der Waals surface area contributed by atoms with Crippen molar-refractivity contribution in [1.82, 2.24) is 0 Å². The van der Waals surface area contributed by atoms with Crippen molar-refractivity contribution in [2.45, 2.75) is 58.4 Å². The summed E-state index contributed by atoms with van der Waals surface area (Å²) in [4.78, 5) is 0. The number of rotatable bonds is 4. The molecule has 1 unspecified atom stereocenters. The maximum atomic E-state index is 3.74. The Hall–Kier alpha value is -1.24. The van der Waals surface area contributed by atoms with Crippen molar-refractivity contribution in [2.24, 2.45) is 0 Å². The second-order valence-electron chi connectivity index (χ2n) is 5.70. The molecule has 1 aliphatic rings. The summed E-state index contributed by atoms with van der Waals surface area (Å²) in [7, 11) is 0. The van der Waals surface area contributed by atoms with Crippen LogP contribution in [0.4, 0.5) is 5.69 Å². The van der Waals surface area contributed by atoms with E-state index in [0.29, 0.717) is 5.54 Å². The fourth-order valence-electron chi connectivity index (χ4n) is 2.89. The number of anilines is 1. The van der Waals surface area contributed by atoms with E-state index in [1.165, 1.54) is 42.5 Å². The van der Waals surface area contributed by atoms with Crippen molar-refractivity contribution in [3.8, 4) is 0 Å². The molecule has 98 valence electrons. The average Bonchev–Trinajstić information content (AvgIpc) is 2.36. The fourth-order valence-corrected chi connectivity index (χ4v) is 2.89. The SMILES string of the molecule is CC=CCc1ccc2c(c1)CCC(C)(CCC)N2. The fraction of sp³-hybridized carbons (Fsp3) is 0.529. The molecule has 0 fully saturated rings. The zero-order valence-electron chi connectivity index (χ0n) is 11.9. The van der Waals surface area contributed by atoms with E-state index in [9.17, 15) is 0 Å². The molecule has 0 spiro atoms. The van der Waals surface area contributed by atoms with Crippen molar-refractivity contribution in [1.29, 1.82) is 0 Å². The summed E-state index contributed by atoms with van der Waals surface area (Å²) in [5.74, 6) is 0. The van der Waals surface area contributed by atoms with Crippen LogP contribution >= 0.6 is 0 Å². The number of fused-ring (bicyclic) bond motifs is 1.